The number of ether oxygens (including phenoxy) is 1. The average Bonchev–Trinajstić information content (AvgIpc) is 2.73. The Hall–Kier alpha value is -2.30. The van der Waals surface area contributed by atoms with Crippen LogP contribution in [0.3, 0.4) is 0 Å². The molecular weight excluding hydrogens is 256 g/mol. The van der Waals surface area contributed by atoms with E-state index in [0.717, 1.165) is 16.6 Å². The number of esters is 1. The first kappa shape index (κ1) is 14.1. The first-order valence-corrected chi connectivity index (χ1v) is 6.53. The number of fused-ring (bicyclic) bond motifs is 1. The zero-order valence-corrected chi connectivity index (χ0v) is 11.9. The molecule has 1 N–H and O–H groups in total. The minimum absolute atomic E-state index is 0.0500. The Morgan fingerprint density at radius 3 is 2.70 bits per heavy atom. The molecular formula is C15H18N2O3. The number of hydrogen-bond donors (Lipinski definition) is 1. The molecule has 2 rings (SSSR count). The van der Waals surface area contributed by atoms with Crippen LogP contribution in [0.5, 0.6) is 0 Å². The standard InChI is InChI=1S/C15H18N2O3/c1-4-20-13(18)9-17(3)15(19)14-10(2)16-12-8-6-5-7-11(12)14/h5-8,16H,4,9H2,1-3H3. The van der Waals surface area contributed by atoms with Crippen molar-refractivity contribution in [1.82, 2.24) is 9.88 Å². The van der Waals surface area contributed by atoms with E-state index in [1.807, 2.05) is 31.2 Å². The average molecular weight is 274 g/mol. The molecule has 0 atom stereocenters. The number of carbonyl (C=O) groups is 2. The van der Waals surface area contributed by atoms with Crippen molar-refractivity contribution in [3.63, 3.8) is 0 Å². The van der Waals surface area contributed by atoms with E-state index in [1.54, 1.807) is 14.0 Å². The van der Waals surface area contributed by atoms with E-state index < -0.39 is 5.97 Å². The van der Waals surface area contributed by atoms with Crippen molar-refractivity contribution >= 4 is 22.8 Å². The summed E-state index contributed by atoms with van der Waals surface area (Å²) in [7, 11) is 1.60. The van der Waals surface area contributed by atoms with E-state index in [1.165, 1.54) is 4.90 Å². The summed E-state index contributed by atoms with van der Waals surface area (Å²) < 4.78 is 4.86. The van der Waals surface area contributed by atoms with Gasteiger partial charge in [0.2, 0.25) is 0 Å². The molecule has 0 saturated carbocycles. The van der Waals surface area contributed by atoms with Gasteiger partial charge in [-0.15, -0.1) is 0 Å². The van der Waals surface area contributed by atoms with Gasteiger partial charge in [0.1, 0.15) is 6.54 Å². The molecule has 0 aliphatic rings. The van der Waals surface area contributed by atoms with Gasteiger partial charge in [-0.05, 0) is 19.9 Å². The van der Waals surface area contributed by atoms with Gasteiger partial charge in [-0.1, -0.05) is 18.2 Å². The Bertz CT molecular complexity index is 646. The highest BCUT2D eigenvalue weighted by Crippen LogP contribution is 2.22. The van der Waals surface area contributed by atoms with Crippen LogP contribution in [0.2, 0.25) is 0 Å². The number of nitrogens with one attached hydrogen (secondary N) is 1. The molecule has 106 valence electrons. The number of aromatic amines is 1. The van der Waals surface area contributed by atoms with E-state index in [-0.39, 0.29) is 12.5 Å². The maximum Gasteiger partial charge on any atom is 0.325 e. The molecule has 0 aliphatic heterocycles. The van der Waals surface area contributed by atoms with E-state index in [9.17, 15) is 9.59 Å². The summed E-state index contributed by atoms with van der Waals surface area (Å²) in [6.07, 6.45) is 0. The minimum Gasteiger partial charge on any atom is -0.465 e. The monoisotopic (exact) mass is 274 g/mol. The van der Waals surface area contributed by atoms with Crippen LogP contribution in [0.1, 0.15) is 23.0 Å². The van der Waals surface area contributed by atoms with Crippen molar-refractivity contribution in [2.45, 2.75) is 13.8 Å². The number of hydrogen-bond acceptors (Lipinski definition) is 3. The molecule has 5 heteroatoms. The Morgan fingerprint density at radius 1 is 1.30 bits per heavy atom. The summed E-state index contributed by atoms with van der Waals surface area (Å²) in [5, 5.41) is 0.866. The number of H-pyrrole nitrogens is 1. The zero-order valence-electron chi connectivity index (χ0n) is 11.9. The second-order valence-corrected chi connectivity index (χ2v) is 4.64. The molecule has 0 radical (unpaired) electrons. The van der Waals surface area contributed by atoms with Crippen molar-refractivity contribution in [2.75, 3.05) is 20.2 Å². The predicted octanol–water partition coefficient (Wildman–Crippen LogP) is 2.11. The lowest BCUT2D eigenvalue weighted by molar-refractivity contribution is -0.143. The van der Waals surface area contributed by atoms with Crippen molar-refractivity contribution in [2.24, 2.45) is 0 Å². The number of nitrogens with zero attached hydrogens (tertiary/aromatic N) is 1. The van der Waals surface area contributed by atoms with Gasteiger partial charge < -0.3 is 14.6 Å². The molecule has 0 saturated heterocycles. The number of carbonyl (C=O) groups excluding carboxylic acids is 2. The number of amides is 1. The molecule has 5 nitrogen and oxygen atoms in total. The van der Waals surface area contributed by atoms with Gasteiger partial charge in [-0.25, -0.2) is 0 Å². The normalized spacial score (nSPS) is 10.6. The van der Waals surface area contributed by atoms with Crippen LogP contribution < -0.4 is 0 Å². The van der Waals surface area contributed by atoms with Crippen molar-refractivity contribution in [3.05, 3.63) is 35.5 Å². The predicted molar refractivity (Wildman–Crippen MR) is 76.6 cm³/mol. The number of rotatable bonds is 4. The van der Waals surface area contributed by atoms with Crippen molar-refractivity contribution in [3.8, 4) is 0 Å². The fourth-order valence-corrected chi connectivity index (χ4v) is 2.22. The molecule has 0 spiro atoms. The highest BCUT2D eigenvalue weighted by atomic mass is 16.5. The van der Waals surface area contributed by atoms with E-state index in [2.05, 4.69) is 4.98 Å². The quantitative estimate of drug-likeness (QED) is 0.869. The van der Waals surface area contributed by atoms with Crippen molar-refractivity contribution in [1.29, 1.82) is 0 Å². The number of benzene rings is 1. The summed E-state index contributed by atoms with van der Waals surface area (Å²) in [6.45, 7) is 3.85. The minimum atomic E-state index is -0.402. The second kappa shape index (κ2) is 5.77. The molecule has 0 fully saturated rings. The largest absolute Gasteiger partial charge is 0.465 e. The smallest absolute Gasteiger partial charge is 0.325 e. The molecule has 1 aromatic carbocycles. The molecule has 0 bridgehead atoms. The molecule has 1 aromatic heterocycles. The maximum absolute atomic E-state index is 12.5. The Labute approximate surface area is 117 Å². The Kier molecular flexibility index (Phi) is 4.08. The maximum atomic E-state index is 12.5. The van der Waals surface area contributed by atoms with E-state index in [0.29, 0.717) is 12.2 Å². The zero-order chi connectivity index (χ0) is 14.7. The van der Waals surface area contributed by atoms with Gasteiger partial charge in [-0.2, -0.15) is 0 Å². The number of aryl methyl sites for hydroxylation is 1. The van der Waals surface area contributed by atoms with Gasteiger partial charge in [0, 0.05) is 23.6 Å². The molecule has 1 heterocycles. The summed E-state index contributed by atoms with van der Waals surface area (Å²) in [5.74, 6) is -0.589. The summed E-state index contributed by atoms with van der Waals surface area (Å²) in [4.78, 5) is 28.5. The van der Waals surface area contributed by atoms with Gasteiger partial charge >= 0.3 is 5.97 Å². The van der Waals surface area contributed by atoms with Crippen LogP contribution in [-0.2, 0) is 9.53 Å². The lowest BCUT2D eigenvalue weighted by Gasteiger charge is -2.16. The van der Waals surface area contributed by atoms with Gasteiger partial charge in [0.25, 0.3) is 5.91 Å². The summed E-state index contributed by atoms with van der Waals surface area (Å²) in [5.41, 5.74) is 2.32. The van der Waals surface area contributed by atoms with Gasteiger partial charge in [-0.3, -0.25) is 9.59 Å². The Morgan fingerprint density at radius 2 is 2.00 bits per heavy atom. The SMILES string of the molecule is CCOC(=O)CN(C)C(=O)c1c(C)[nH]c2ccccc12. The van der Waals surface area contributed by atoms with E-state index >= 15 is 0 Å². The third kappa shape index (κ3) is 2.66. The highest BCUT2D eigenvalue weighted by Gasteiger charge is 2.21. The number of para-hydroxylation sites is 1. The van der Waals surface area contributed by atoms with Crippen LogP contribution in [0.25, 0.3) is 10.9 Å². The molecule has 2 aromatic rings. The lowest BCUT2D eigenvalue weighted by atomic mass is 10.1. The van der Waals surface area contributed by atoms with E-state index in [4.69, 9.17) is 4.74 Å². The van der Waals surface area contributed by atoms with Crippen LogP contribution in [0, 0.1) is 6.92 Å². The first-order valence-electron chi connectivity index (χ1n) is 6.53. The molecule has 0 aliphatic carbocycles. The number of likely N-dealkylation sites (N-methyl/N-ethyl adjacent to an activating group) is 1. The first-order chi connectivity index (χ1) is 9.54. The highest BCUT2D eigenvalue weighted by molar-refractivity contribution is 6.08. The van der Waals surface area contributed by atoms with Crippen LogP contribution >= 0.6 is 0 Å². The Balaban J connectivity index is 2.27. The van der Waals surface area contributed by atoms with Crippen molar-refractivity contribution < 1.29 is 14.3 Å². The molecule has 20 heavy (non-hydrogen) atoms. The third-order valence-corrected chi connectivity index (χ3v) is 3.13. The van der Waals surface area contributed by atoms with Gasteiger partial charge in [0.05, 0.1) is 12.2 Å². The van der Waals surface area contributed by atoms with Crippen LogP contribution in [-0.4, -0.2) is 42.0 Å². The fraction of sp³-hybridized carbons (Fsp3) is 0.333. The van der Waals surface area contributed by atoms with Crippen LogP contribution in [0.4, 0.5) is 0 Å². The number of aromatic nitrogens is 1. The molecule has 0 unspecified atom stereocenters. The molecule has 1 amide bonds. The topological polar surface area (TPSA) is 62.4 Å². The van der Waals surface area contributed by atoms with Gasteiger partial charge in [0.15, 0.2) is 0 Å². The summed E-state index contributed by atoms with van der Waals surface area (Å²) in [6, 6.07) is 7.61. The summed E-state index contributed by atoms with van der Waals surface area (Å²) >= 11 is 0. The fourth-order valence-electron chi connectivity index (χ4n) is 2.22. The third-order valence-electron chi connectivity index (χ3n) is 3.13. The second-order valence-electron chi connectivity index (χ2n) is 4.64. The lowest BCUT2D eigenvalue weighted by Crippen LogP contribution is -2.33. The van der Waals surface area contributed by atoms with Crippen LogP contribution in [0.15, 0.2) is 24.3 Å².